The maximum atomic E-state index is 13.3. The molecule has 0 fully saturated rings. The second kappa shape index (κ2) is 10.5. The van der Waals surface area contributed by atoms with Crippen molar-refractivity contribution in [2.75, 3.05) is 6.61 Å². The van der Waals surface area contributed by atoms with Crippen molar-refractivity contribution in [3.05, 3.63) is 110 Å². The number of fused-ring (bicyclic) bond motifs is 1. The molecule has 0 aliphatic rings. The van der Waals surface area contributed by atoms with Crippen LogP contribution >= 0.6 is 22.9 Å². The highest BCUT2D eigenvalue weighted by atomic mass is 35.5. The predicted octanol–water partition coefficient (Wildman–Crippen LogP) is 5.97. The highest BCUT2D eigenvalue weighted by Crippen LogP contribution is 2.30. The first-order valence-corrected chi connectivity index (χ1v) is 13.8. The number of halogens is 1. The van der Waals surface area contributed by atoms with Gasteiger partial charge in [-0.1, -0.05) is 48.1 Å². The monoisotopic (exact) mass is 553 g/mol. The lowest BCUT2D eigenvalue weighted by molar-refractivity contribution is 0.317. The minimum absolute atomic E-state index is 0.221. The molecular formula is C30H24ClN5O2S. The topological polar surface area (TPSA) is 74.3 Å². The summed E-state index contributed by atoms with van der Waals surface area (Å²) in [7, 11) is 0. The lowest BCUT2D eigenvalue weighted by Gasteiger charge is -2.09. The van der Waals surface area contributed by atoms with Crippen molar-refractivity contribution in [2.24, 2.45) is 0 Å². The van der Waals surface area contributed by atoms with E-state index in [0.717, 1.165) is 45.8 Å². The third-order valence-corrected chi connectivity index (χ3v) is 7.47. The number of benzene rings is 3. The van der Waals surface area contributed by atoms with Crippen molar-refractivity contribution < 1.29 is 4.74 Å². The van der Waals surface area contributed by atoms with Crippen molar-refractivity contribution >= 4 is 34.0 Å². The van der Waals surface area contributed by atoms with Gasteiger partial charge in [0.2, 0.25) is 4.96 Å². The standard InChI is InChI=1S/C30H24ClN5O2S/c1-3-15-38-24-13-14-25(19(2)16-24)27-21(18-35(33-27)23-7-5-4-6-8-23)17-26-29(37)36-30(39-26)32-28(34-36)20-9-11-22(31)12-10-20/h4-14,16-18H,3,15H2,1-2H3/b26-17-. The highest BCUT2D eigenvalue weighted by Gasteiger charge is 2.16. The third kappa shape index (κ3) is 4.96. The van der Waals surface area contributed by atoms with Crippen LogP contribution < -0.4 is 14.8 Å². The van der Waals surface area contributed by atoms with E-state index in [1.807, 2.05) is 84.5 Å². The minimum Gasteiger partial charge on any atom is -0.494 e. The van der Waals surface area contributed by atoms with E-state index in [1.54, 1.807) is 12.1 Å². The summed E-state index contributed by atoms with van der Waals surface area (Å²) in [6, 6.07) is 23.1. The zero-order chi connectivity index (χ0) is 26.9. The Morgan fingerprint density at radius 2 is 1.82 bits per heavy atom. The van der Waals surface area contributed by atoms with Crippen molar-refractivity contribution in [2.45, 2.75) is 20.3 Å². The molecule has 39 heavy (non-hydrogen) atoms. The first kappa shape index (κ1) is 25.0. The quantitative estimate of drug-likeness (QED) is 0.243. The highest BCUT2D eigenvalue weighted by molar-refractivity contribution is 7.15. The fourth-order valence-corrected chi connectivity index (χ4v) is 5.35. The summed E-state index contributed by atoms with van der Waals surface area (Å²) in [5.74, 6) is 1.31. The number of hydrogen-bond acceptors (Lipinski definition) is 6. The van der Waals surface area contributed by atoms with Crippen LogP contribution in [0.15, 0.2) is 83.8 Å². The molecule has 0 unspecified atom stereocenters. The molecule has 0 amide bonds. The largest absolute Gasteiger partial charge is 0.494 e. The zero-order valence-corrected chi connectivity index (χ0v) is 22.9. The Balaban J connectivity index is 1.46. The predicted molar refractivity (Wildman–Crippen MR) is 156 cm³/mol. The number of aryl methyl sites for hydroxylation is 1. The number of para-hydroxylation sites is 1. The Labute approximate surface area is 233 Å². The number of thiazole rings is 1. The first-order chi connectivity index (χ1) is 19.0. The molecule has 0 spiro atoms. The van der Waals surface area contributed by atoms with Crippen molar-refractivity contribution in [3.8, 4) is 34.1 Å². The molecular weight excluding hydrogens is 530 g/mol. The molecule has 7 nitrogen and oxygen atoms in total. The molecule has 0 saturated heterocycles. The Bertz CT molecular complexity index is 1890. The molecule has 0 aliphatic heterocycles. The van der Waals surface area contributed by atoms with E-state index in [1.165, 1.54) is 15.9 Å². The first-order valence-electron chi connectivity index (χ1n) is 12.6. The molecule has 0 atom stereocenters. The Morgan fingerprint density at radius 3 is 2.54 bits per heavy atom. The summed E-state index contributed by atoms with van der Waals surface area (Å²) < 4.78 is 9.54. The Morgan fingerprint density at radius 1 is 1.03 bits per heavy atom. The van der Waals surface area contributed by atoms with Crippen LogP contribution in [-0.4, -0.2) is 31.0 Å². The maximum absolute atomic E-state index is 13.3. The fraction of sp³-hybridized carbons (Fsp3) is 0.133. The zero-order valence-electron chi connectivity index (χ0n) is 21.3. The average Bonchev–Trinajstić information content (AvgIpc) is 3.64. The Kier molecular flexibility index (Phi) is 6.72. The molecule has 0 radical (unpaired) electrons. The van der Waals surface area contributed by atoms with Crippen molar-refractivity contribution in [3.63, 3.8) is 0 Å². The van der Waals surface area contributed by atoms with Gasteiger partial charge >= 0.3 is 0 Å². The van der Waals surface area contributed by atoms with Gasteiger partial charge in [-0.15, -0.1) is 5.10 Å². The summed E-state index contributed by atoms with van der Waals surface area (Å²) in [5, 5.41) is 10.0. The molecule has 0 aliphatic carbocycles. The van der Waals surface area contributed by atoms with E-state index >= 15 is 0 Å². The van der Waals surface area contributed by atoms with Crippen LogP contribution in [-0.2, 0) is 0 Å². The van der Waals surface area contributed by atoms with Gasteiger partial charge in [-0.2, -0.15) is 14.6 Å². The molecule has 3 aromatic heterocycles. The van der Waals surface area contributed by atoms with E-state index in [4.69, 9.17) is 21.4 Å². The number of nitrogens with zero attached hydrogens (tertiary/aromatic N) is 5. The average molecular weight is 554 g/mol. The smallest absolute Gasteiger partial charge is 0.291 e. The van der Waals surface area contributed by atoms with Crippen molar-refractivity contribution in [1.82, 2.24) is 24.4 Å². The second-order valence-corrected chi connectivity index (χ2v) is 10.5. The van der Waals surface area contributed by atoms with Crippen LogP contribution in [0.4, 0.5) is 0 Å². The molecule has 3 heterocycles. The van der Waals surface area contributed by atoms with Crippen LogP contribution in [0.2, 0.25) is 5.02 Å². The van der Waals surface area contributed by atoms with Gasteiger partial charge in [-0.25, -0.2) is 4.68 Å². The van der Waals surface area contributed by atoms with Crippen LogP contribution in [0.3, 0.4) is 0 Å². The van der Waals surface area contributed by atoms with Crippen molar-refractivity contribution in [1.29, 1.82) is 0 Å². The number of rotatable bonds is 7. The van der Waals surface area contributed by atoms with Gasteiger partial charge in [0.05, 0.1) is 16.8 Å². The van der Waals surface area contributed by atoms with Crippen LogP contribution in [0.1, 0.15) is 24.5 Å². The molecule has 9 heteroatoms. The van der Waals surface area contributed by atoms with E-state index in [0.29, 0.717) is 26.9 Å². The minimum atomic E-state index is -0.221. The number of ether oxygens (including phenoxy) is 1. The van der Waals surface area contributed by atoms with E-state index in [9.17, 15) is 4.79 Å². The lowest BCUT2D eigenvalue weighted by Crippen LogP contribution is -2.23. The molecule has 194 valence electrons. The number of hydrogen-bond donors (Lipinski definition) is 0. The molecule has 6 aromatic rings. The SMILES string of the molecule is CCCOc1ccc(-c2nn(-c3ccccc3)cc2/C=c2\sc3nc(-c4ccc(Cl)cc4)nn3c2=O)c(C)c1. The van der Waals surface area contributed by atoms with Gasteiger partial charge in [-0.3, -0.25) is 4.79 Å². The summed E-state index contributed by atoms with van der Waals surface area (Å²) >= 11 is 7.30. The maximum Gasteiger partial charge on any atom is 0.291 e. The van der Waals surface area contributed by atoms with E-state index < -0.39 is 0 Å². The third-order valence-electron chi connectivity index (χ3n) is 6.26. The van der Waals surface area contributed by atoms with Crippen LogP contribution in [0.25, 0.3) is 39.4 Å². The fourth-order valence-electron chi connectivity index (χ4n) is 4.32. The van der Waals surface area contributed by atoms with Gasteiger partial charge in [0.1, 0.15) is 11.4 Å². The normalized spacial score (nSPS) is 11.9. The van der Waals surface area contributed by atoms with Gasteiger partial charge in [0, 0.05) is 27.9 Å². The van der Waals surface area contributed by atoms with E-state index in [-0.39, 0.29) is 5.56 Å². The van der Waals surface area contributed by atoms with Crippen LogP contribution in [0, 0.1) is 6.92 Å². The van der Waals surface area contributed by atoms with Crippen LogP contribution in [0.5, 0.6) is 5.75 Å². The summed E-state index contributed by atoms with van der Waals surface area (Å²) in [6.07, 6.45) is 4.76. The molecule has 0 saturated carbocycles. The second-order valence-electron chi connectivity index (χ2n) is 9.09. The summed E-state index contributed by atoms with van der Waals surface area (Å²) in [6.45, 7) is 4.79. The van der Waals surface area contributed by atoms with Gasteiger partial charge in [-0.05, 0) is 79.6 Å². The Hall–Kier alpha value is -4.27. The lowest BCUT2D eigenvalue weighted by atomic mass is 10.0. The summed E-state index contributed by atoms with van der Waals surface area (Å²) in [4.78, 5) is 18.5. The van der Waals surface area contributed by atoms with Gasteiger partial charge in [0.15, 0.2) is 5.82 Å². The number of aromatic nitrogens is 5. The van der Waals surface area contributed by atoms with Gasteiger partial charge < -0.3 is 4.74 Å². The molecule has 6 rings (SSSR count). The van der Waals surface area contributed by atoms with Gasteiger partial charge in [0.25, 0.3) is 5.56 Å². The molecule has 0 N–H and O–H groups in total. The molecule has 3 aromatic carbocycles. The van der Waals surface area contributed by atoms with E-state index in [2.05, 4.69) is 17.0 Å². The summed E-state index contributed by atoms with van der Waals surface area (Å²) in [5.41, 5.74) is 5.11. The molecule has 0 bridgehead atoms.